The highest BCUT2D eigenvalue weighted by atomic mass is 32.1. The summed E-state index contributed by atoms with van der Waals surface area (Å²) >= 11 is 1.62. The third-order valence-electron chi connectivity index (χ3n) is 2.87. The molecule has 16 heavy (non-hydrogen) atoms. The molecule has 0 bridgehead atoms. The fourth-order valence-electron chi connectivity index (χ4n) is 2.02. The Labute approximate surface area is 97.6 Å². The number of nitrogens with zero attached hydrogens (tertiary/aromatic N) is 2. The van der Waals surface area contributed by atoms with Gasteiger partial charge >= 0.3 is 0 Å². The largest absolute Gasteiger partial charge is 0.395 e. The van der Waals surface area contributed by atoms with Crippen molar-refractivity contribution in [2.45, 2.75) is 0 Å². The summed E-state index contributed by atoms with van der Waals surface area (Å²) < 4.78 is 6.49. The lowest BCUT2D eigenvalue weighted by Gasteiger charge is -2.29. The third-order valence-corrected chi connectivity index (χ3v) is 3.66. The molecule has 0 amide bonds. The second-order valence-electron chi connectivity index (χ2n) is 3.80. The van der Waals surface area contributed by atoms with Gasteiger partial charge in [-0.1, -0.05) is 0 Å². The molecule has 2 heterocycles. The van der Waals surface area contributed by atoms with E-state index in [1.165, 1.54) is 0 Å². The number of ether oxygens (including phenoxy) is 1. The van der Waals surface area contributed by atoms with Crippen LogP contribution in [-0.4, -0.2) is 31.3 Å². The lowest BCUT2D eigenvalue weighted by molar-refractivity contribution is 0.123. The summed E-state index contributed by atoms with van der Waals surface area (Å²) in [5.41, 5.74) is 10.8. The number of morpholine rings is 1. The van der Waals surface area contributed by atoms with Crippen molar-refractivity contribution < 1.29 is 4.74 Å². The van der Waals surface area contributed by atoms with Crippen LogP contribution in [0.25, 0.3) is 10.2 Å². The molecular formula is C11H13N3OS. The summed E-state index contributed by atoms with van der Waals surface area (Å²) in [6, 6.07) is 4.18. The second-order valence-corrected chi connectivity index (χ2v) is 4.68. The Hall–Kier alpha value is -1.33. The molecule has 0 radical (unpaired) electrons. The number of thiazole rings is 1. The molecule has 0 atom stereocenters. The van der Waals surface area contributed by atoms with Gasteiger partial charge in [-0.25, -0.2) is 4.98 Å². The number of hydrogen-bond donors (Lipinski definition) is 1. The zero-order chi connectivity index (χ0) is 11.0. The third kappa shape index (κ3) is 1.52. The molecule has 0 aliphatic carbocycles. The van der Waals surface area contributed by atoms with E-state index in [1.54, 1.807) is 11.3 Å². The smallest absolute Gasteiger partial charge is 0.106 e. The maximum atomic E-state index is 6.16. The maximum absolute atomic E-state index is 6.16. The molecule has 0 saturated carbocycles. The number of fused-ring (bicyclic) bond motifs is 1. The quantitative estimate of drug-likeness (QED) is 0.765. The van der Waals surface area contributed by atoms with Gasteiger partial charge in [-0.2, -0.15) is 0 Å². The number of hydrogen-bond acceptors (Lipinski definition) is 5. The van der Waals surface area contributed by atoms with E-state index in [2.05, 4.69) is 22.0 Å². The first-order chi connectivity index (χ1) is 7.86. The van der Waals surface area contributed by atoms with Gasteiger partial charge < -0.3 is 15.4 Å². The van der Waals surface area contributed by atoms with Crippen LogP contribution in [0.5, 0.6) is 0 Å². The minimum absolute atomic E-state index is 0.772. The summed E-state index contributed by atoms with van der Waals surface area (Å²) in [6.45, 7) is 3.35. The van der Waals surface area contributed by atoms with Crippen molar-refractivity contribution in [3.05, 3.63) is 17.6 Å². The number of benzene rings is 1. The molecule has 0 spiro atoms. The molecule has 1 aliphatic heterocycles. The van der Waals surface area contributed by atoms with Crippen LogP contribution in [0.1, 0.15) is 0 Å². The number of rotatable bonds is 1. The Morgan fingerprint density at radius 2 is 2.12 bits per heavy atom. The van der Waals surface area contributed by atoms with Gasteiger partial charge in [0.1, 0.15) is 5.52 Å². The maximum Gasteiger partial charge on any atom is 0.106 e. The van der Waals surface area contributed by atoms with E-state index in [9.17, 15) is 0 Å². The highest BCUT2D eigenvalue weighted by Crippen LogP contribution is 2.32. The Bertz CT molecular complexity index is 505. The molecule has 2 aromatic rings. The van der Waals surface area contributed by atoms with Gasteiger partial charge in [0.15, 0.2) is 0 Å². The van der Waals surface area contributed by atoms with E-state index in [0.717, 1.165) is 47.9 Å². The Morgan fingerprint density at radius 1 is 1.31 bits per heavy atom. The molecule has 0 unspecified atom stereocenters. The monoisotopic (exact) mass is 235 g/mol. The van der Waals surface area contributed by atoms with Crippen molar-refractivity contribution in [1.29, 1.82) is 0 Å². The summed E-state index contributed by atoms with van der Waals surface area (Å²) in [5, 5.41) is 0. The Balaban J connectivity index is 2.05. The van der Waals surface area contributed by atoms with Gasteiger partial charge in [-0.3, -0.25) is 0 Å². The van der Waals surface area contributed by atoms with Crippen molar-refractivity contribution in [2.75, 3.05) is 36.9 Å². The number of nitrogens with two attached hydrogens (primary N) is 1. The van der Waals surface area contributed by atoms with Crippen molar-refractivity contribution >= 4 is 32.9 Å². The van der Waals surface area contributed by atoms with Crippen LogP contribution in [0.3, 0.4) is 0 Å². The van der Waals surface area contributed by atoms with Crippen LogP contribution < -0.4 is 10.6 Å². The molecule has 4 nitrogen and oxygen atoms in total. The topological polar surface area (TPSA) is 51.4 Å². The van der Waals surface area contributed by atoms with Crippen LogP contribution in [0.4, 0.5) is 11.4 Å². The normalized spacial score (nSPS) is 16.9. The summed E-state index contributed by atoms with van der Waals surface area (Å²) in [4.78, 5) is 6.57. The average molecular weight is 235 g/mol. The predicted octanol–water partition coefficient (Wildman–Crippen LogP) is 1.72. The predicted molar refractivity (Wildman–Crippen MR) is 67.1 cm³/mol. The molecule has 2 N–H and O–H groups in total. The van der Waals surface area contributed by atoms with Crippen molar-refractivity contribution in [2.24, 2.45) is 0 Å². The first-order valence-electron chi connectivity index (χ1n) is 5.30. The molecule has 1 aromatic carbocycles. The molecular weight excluding hydrogens is 222 g/mol. The highest BCUT2D eigenvalue weighted by Gasteiger charge is 2.15. The van der Waals surface area contributed by atoms with Crippen LogP contribution >= 0.6 is 11.3 Å². The summed E-state index contributed by atoms with van der Waals surface area (Å²) in [5.74, 6) is 0. The number of aromatic nitrogens is 1. The zero-order valence-electron chi connectivity index (χ0n) is 8.85. The van der Waals surface area contributed by atoms with E-state index in [4.69, 9.17) is 10.5 Å². The van der Waals surface area contributed by atoms with Crippen molar-refractivity contribution in [3.8, 4) is 0 Å². The lowest BCUT2D eigenvalue weighted by atomic mass is 10.2. The highest BCUT2D eigenvalue weighted by molar-refractivity contribution is 7.16. The van der Waals surface area contributed by atoms with Gasteiger partial charge in [-0.05, 0) is 12.1 Å². The minimum Gasteiger partial charge on any atom is -0.395 e. The molecule has 5 heteroatoms. The first-order valence-corrected chi connectivity index (χ1v) is 6.18. The fourth-order valence-corrected chi connectivity index (χ4v) is 2.71. The molecule has 1 fully saturated rings. The zero-order valence-corrected chi connectivity index (χ0v) is 9.67. The van der Waals surface area contributed by atoms with Crippen LogP contribution in [0.2, 0.25) is 0 Å². The van der Waals surface area contributed by atoms with E-state index in [0.29, 0.717) is 0 Å². The lowest BCUT2D eigenvalue weighted by Crippen LogP contribution is -2.36. The van der Waals surface area contributed by atoms with E-state index in [-0.39, 0.29) is 0 Å². The summed E-state index contributed by atoms with van der Waals surface area (Å²) in [6.07, 6.45) is 0. The van der Waals surface area contributed by atoms with E-state index < -0.39 is 0 Å². The minimum atomic E-state index is 0.772. The van der Waals surface area contributed by atoms with Gasteiger partial charge in [0.05, 0.1) is 34.8 Å². The van der Waals surface area contributed by atoms with Crippen LogP contribution in [0, 0.1) is 0 Å². The average Bonchev–Trinajstić information content (AvgIpc) is 2.80. The molecule has 1 aromatic heterocycles. The Morgan fingerprint density at radius 3 is 2.94 bits per heavy atom. The SMILES string of the molecule is Nc1c(N2CCOCC2)ccc2scnc12. The Kier molecular flexibility index (Phi) is 2.41. The molecule has 3 rings (SSSR count). The van der Waals surface area contributed by atoms with E-state index in [1.807, 2.05) is 5.51 Å². The van der Waals surface area contributed by atoms with Gasteiger partial charge in [0, 0.05) is 13.1 Å². The first kappa shape index (κ1) is 9.86. The second kappa shape index (κ2) is 3.92. The van der Waals surface area contributed by atoms with Crippen molar-refractivity contribution in [1.82, 2.24) is 4.98 Å². The van der Waals surface area contributed by atoms with Crippen LogP contribution in [0.15, 0.2) is 17.6 Å². The number of anilines is 2. The molecule has 1 aliphatic rings. The van der Waals surface area contributed by atoms with Crippen LogP contribution in [-0.2, 0) is 4.74 Å². The molecule has 84 valence electrons. The van der Waals surface area contributed by atoms with E-state index >= 15 is 0 Å². The standard InChI is InChI=1S/C11H13N3OS/c12-10-8(14-3-5-15-6-4-14)1-2-9-11(10)13-7-16-9/h1-2,7H,3-6,12H2. The summed E-state index contributed by atoms with van der Waals surface area (Å²) in [7, 11) is 0. The fraction of sp³-hybridized carbons (Fsp3) is 0.364. The number of nitrogen functional groups attached to an aromatic ring is 1. The van der Waals surface area contributed by atoms with Gasteiger partial charge in [0.25, 0.3) is 0 Å². The van der Waals surface area contributed by atoms with Gasteiger partial charge in [0.2, 0.25) is 0 Å². The molecule has 1 saturated heterocycles. The van der Waals surface area contributed by atoms with Crippen molar-refractivity contribution in [3.63, 3.8) is 0 Å². The van der Waals surface area contributed by atoms with Gasteiger partial charge in [-0.15, -0.1) is 11.3 Å².